The number of hydrogen-bond acceptors (Lipinski definition) is 2. The van der Waals surface area contributed by atoms with Crippen molar-refractivity contribution < 1.29 is 4.79 Å². The highest BCUT2D eigenvalue weighted by atomic mass is 79.9. The SMILES string of the molecule is CCc1ccc(C(=O)c2ccc(N)c(Br)c2)cc1. The molecule has 0 spiro atoms. The van der Waals surface area contributed by atoms with Crippen molar-refractivity contribution in [3.63, 3.8) is 0 Å². The van der Waals surface area contributed by atoms with Crippen LogP contribution in [0.25, 0.3) is 0 Å². The Morgan fingerprint density at radius 2 is 1.72 bits per heavy atom. The number of carbonyl (C=O) groups is 1. The number of anilines is 1. The molecule has 0 amide bonds. The van der Waals surface area contributed by atoms with Crippen LogP contribution in [0.1, 0.15) is 28.4 Å². The second-order valence-electron chi connectivity index (χ2n) is 4.12. The third-order valence-electron chi connectivity index (χ3n) is 2.89. The zero-order valence-corrected chi connectivity index (χ0v) is 11.7. The summed E-state index contributed by atoms with van der Waals surface area (Å²) in [6, 6.07) is 12.9. The van der Waals surface area contributed by atoms with Gasteiger partial charge in [-0.2, -0.15) is 0 Å². The Labute approximate surface area is 115 Å². The molecule has 0 saturated heterocycles. The molecule has 0 radical (unpaired) electrons. The number of aryl methyl sites for hydroxylation is 1. The van der Waals surface area contributed by atoms with Gasteiger partial charge in [-0.3, -0.25) is 4.79 Å². The van der Waals surface area contributed by atoms with E-state index in [0.717, 1.165) is 10.9 Å². The summed E-state index contributed by atoms with van der Waals surface area (Å²) >= 11 is 3.33. The molecule has 2 aromatic rings. The standard InChI is InChI=1S/C15H14BrNO/c1-2-10-3-5-11(6-4-10)15(18)12-7-8-14(17)13(16)9-12/h3-9H,2,17H2,1H3. The molecule has 92 valence electrons. The maximum Gasteiger partial charge on any atom is 0.193 e. The Kier molecular flexibility index (Phi) is 3.82. The van der Waals surface area contributed by atoms with Crippen LogP contribution in [0.2, 0.25) is 0 Å². The van der Waals surface area contributed by atoms with Crippen LogP contribution in [0.4, 0.5) is 5.69 Å². The first kappa shape index (κ1) is 12.8. The van der Waals surface area contributed by atoms with Crippen molar-refractivity contribution >= 4 is 27.4 Å². The Morgan fingerprint density at radius 3 is 2.28 bits per heavy atom. The zero-order valence-electron chi connectivity index (χ0n) is 10.1. The summed E-state index contributed by atoms with van der Waals surface area (Å²) < 4.78 is 0.749. The van der Waals surface area contributed by atoms with E-state index in [4.69, 9.17) is 5.73 Å². The molecule has 0 aliphatic rings. The fourth-order valence-electron chi connectivity index (χ4n) is 1.73. The molecule has 2 aromatic carbocycles. The van der Waals surface area contributed by atoms with Crippen LogP contribution >= 0.6 is 15.9 Å². The summed E-state index contributed by atoms with van der Waals surface area (Å²) in [5.41, 5.74) is 8.90. The van der Waals surface area contributed by atoms with E-state index in [1.807, 2.05) is 24.3 Å². The molecule has 0 aromatic heterocycles. The topological polar surface area (TPSA) is 43.1 Å². The summed E-state index contributed by atoms with van der Waals surface area (Å²) in [7, 11) is 0. The van der Waals surface area contributed by atoms with Gasteiger partial charge in [-0.05, 0) is 46.1 Å². The van der Waals surface area contributed by atoms with Gasteiger partial charge in [0.25, 0.3) is 0 Å². The van der Waals surface area contributed by atoms with Crippen LogP contribution in [0.5, 0.6) is 0 Å². The Bertz CT molecular complexity index is 576. The van der Waals surface area contributed by atoms with Gasteiger partial charge in [0.15, 0.2) is 5.78 Å². The molecular weight excluding hydrogens is 290 g/mol. The lowest BCUT2D eigenvalue weighted by atomic mass is 10.0. The first-order valence-corrected chi connectivity index (χ1v) is 6.59. The molecule has 0 atom stereocenters. The van der Waals surface area contributed by atoms with Gasteiger partial charge in [0, 0.05) is 21.3 Å². The normalized spacial score (nSPS) is 10.3. The number of carbonyl (C=O) groups excluding carboxylic acids is 1. The molecular formula is C15H14BrNO. The molecule has 0 bridgehead atoms. The minimum Gasteiger partial charge on any atom is -0.398 e. The van der Waals surface area contributed by atoms with Crippen molar-refractivity contribution in [1.82, 2.24) is 0 Å². The van der Waals surface area contributed by atoms with E-state index in [1.165, 1.54) is 5.56 Å². The van der Waals surface area contributed by atoms with Crippen molar-refractivity contribution in [2.75, 3.05) is 5.73 Å². The smallest absolute Gasteiger partial charge is 0.193 e. The number of nitrogen functional groups attached to an aromatic ring is 1. The quantitative estimate of drug-likeness (QED) is 0.692. The van der Waals surface area contributed by atoms with Gasteiger partial charge in [-0.15, -0.1) is 0 Å². The minimum absolute atomic E-state index is 0.0124. The highest BCUT2D eigenvalue weighted by Gasteiger charge is 2.10. The molecule has 0 heterocycles. The molecule has 0 aliphatic heterocycles. The second kappa shape index (κ2) is 5.36. The number of halogens is 1. The monoisotopic (exact) mass is 303 g/mol. The molecule has 3 heteroatoms. The molecule has 2 nitrogen and oxygen atoms in total. The summed E-state index contributed by atoms with van der Waals surface area (Å²) in [6.45, 7) is 2.09. The van der Waals surface area contributed by atoms with E-state index in [-0.39, 0.29) is 5.78 Å². The number of nitrogens with two attached hydrogens (primary N) is 1. The van der Waals surface area contributed by atoms with Gasteiger partial charge in [0.1, 0.15) is 0 Å². The molecule has 0 aliphatic carbocycles. The maximum absolute atomic E-state index is 12.2. The van der Waals surface area contributed by atoms with Gasteiger partial charge in [0.05, 0.1) is 0 Å². The van der Waals surface area contributed by atoms with E-state index < -0.39 is 0 Å². The first-order chi connectivity index (χ1) is 8.61. The van der Waals surface area contributed by atoms with Gasteiger partial charge in [-0.1, -0.05) is 31.2 Å². The summed E-state index contributed by atoms with van der Waals surface area (Å²) in [5.74, 6) is 0.0124. The molecule has 0 saturated carbocycles. The van der Waals surface area contributed by atoms with Gasteiger partial charge in [0.2, 0.25) is 0 Å². The second-order valence-corrected chi connectivity index (χ2v) is 4.97. The predicted octanol–water partition coefficient (Wildman–Crippen LogP) is 3.82. The largest absolute Gasteiger partial charge is 0.398 e. The Balaban J connectivity index is 2.32. The molecule has 0 unspecified atom stereocenters. The van der Waals surface area contributed by atoms with Crippen molar-refractivity contribution in [1.29, 1.82) is 0 Å². The fourth-order valence-corrected chi connectivity index (χ4v) is 2.11. The lowest BCUT2D eigenvalue weighted by Crippen LogP contribution is -2.02. The van der Waals surface area contributed by atoms with Crippen LogP contribution in [0, 0.1) is 0 Å². The Hall–Kier alpha value is -1.61. The van der Waals surface area contributed by atoms with Crippen LogP contribution in [-0.2, 0) is 6.42 Å². The average Bonchev–Trinajstić information content (AvgIpc) is 2.41. The third-order valence-corrected chi connectivity index (χ3v) is 3.57. The van der Waals surface area contributed by atoms with Crippen LogP contribution in [0.3, 0.4) is 0 Å². The van der Waals surface area contributed by atoms with Crippen molar-refractivity contribution in [3.8, 4) is 0 Å². The van der Waals surface area contributed by atoms with E-state index >= 15 is 0 Å². The highest BCUT2D eigenvalue weighted by Crippen LogP contribution is 2.22. The summed E-state index contributed by atoms with van der Waals surface area (Å²) in [6.07, 6.45) is 0.974. The van der Waals surface area contributed by atoms with Crippen LogP contribution in [-0.4, -0.2) is 5.78 Å². The van der Waals surface area contributed by atoms with Gasteiger partial charge < -0.3 is 5.73 Å². The number of hydrogen-bond donors (Lipinski definition) is 1. The van der Waals surface area contributed by atoms with Crippen LogP contribution < -0.4 is 5.73 Å². The molecule has 2 rings (SSSR count). The van der Waals surface area contributed by atoms with Crippen LogP contribution in [0.15, 0.2) is 46.9 Å². The number of benzene rings is 2. The van der Waals surface area contributed by atoms with E-state index in [1.54, 1.807) is 18.2 Å². The molecule has 2 N–H and O–H groups in total. The predicted molar refractivity (Wildman–Crippen MR) is 77.8 cm³/mol. The van der Waals surface area contributed by atoms with E-state index in [0.29, 0.717) is 16.8 Å². The zero-order chi connectivity index (χ0) is 13.1. The summed E-state index contributed by atoms with van der Waals surface area (Å²) in [5, 5.41) is 0. The molecule has 0 fully saturated rings. The number of ketones is 1. The molecule has 18 heavy (non-hydrogen) atoms. The maximum atomic E-state index is 12.2. The first-order valence-electron chi connectivity index (χ1n) is 5.80. The van der Waals surface area contributed by atoms with Gasteiger partial charge >= 0.3 is 0 Å². The Morgan fingerprint density at radius 1 is 1.11 bits per heavy atom. The van der Waals surface area contributed by atoms with E-state index in [2.05, 4.69) is 22.9 Å². The van der Waals surface area contributed by atoms with E-state index in [9.17, 15) is 4.79 Å². The number of rotatable bonds is 3. The average molecular weight is 304 g/mol. The summed E-state index contributed by atoms with van der Waals surface area (Å²) in [4.78, 5) is 12.2. The van der Waals surface area contributed by atoms with Crippen molar-refractivity contribution in [2.24, 2.45) is 0 Å². The lowest BCUT2D eigenvalue weighted by Gasteiger charge is -2.04. The fraction of sp³-hybridized carbons (Fsp3) is 0.133. The van der Waals surface area contributed by atoms with Gasteiger partial charge in [-0.25, -0.2) is 0 Å². The van der Waals surface area contributed by atoms with Crippen molar-refractivity contribution in [3.05, 3.63) is 63.6 Å². The third kappa shape index (κ3) is 2.62. The lowest BCUT2D eigenvalue weighted by molar-refractivity contribution is 0.103. The van der Waals surface area contributed by atoms with Crippen molar-refractivity contribution in [2.45, 2.75) is 13.3 Å². The minimum atomic E-state index is 0.0124. The highest BCUT2D eigenvalue weighted by molar-refractivity contribution is 9.10.